The molecule has 4 aromatic rings. The third-order valence-corrected chi connectivity index (χ3v) is 5.73. The molecule has 0 aliphatic rings. The summed E-state index contributed by atoms with van der Waals surface area (Å²) < 4.78 is 4.66. The number of nitrogens with zero attached hydrogens (tertiary/aromatic N) is 2. The Morgan fingerprint density at radius 2 is 1.34 bits per heavy atom. The van der Waals surface area contributed by atoms with Crippen LogP contribution in [-0.2, 0) is 7.05 Å². The normalized spacial score (nSPS) is 11.1. The average molecular weight is 382 g/mol. The van der Waals surface area contributed by atoms with Gasteiger partial charge >= 0.3 is 0 Å². The van der Waals surface area contributed by atoms with Gasteiger partial charge < -0.3 is 4.57 Å². The lowest BCUT2D eigenvalue weighted by Gasteiger charge is -2.18. The van der Waals surface area contributed by atoms with E-state index in [9.17, 15) is 0 Å². The molecule has 0 N–H and O–H groups in total. The van der Waals surface area contributed by atoms with Crippen LogP contribution in [0, 0.1) is 34.6 Å². The van der Waals surface area contributed by atoms with Gasteiger partial charge in [0.2, 0.25) is 5.69 Å². The number of pyridine rings is 1. The molecular weight excluding hydrogens is 352 g/mol. The van der Waals surface area contributed by atoms with Crippen molar-refractivity contribution in [2.75, 3.05) is 0 Å². The zero-order valence-corrected chi connectivity index (χ0v) is 18.2. The second-order valence-electron chi connectivity index (χ2n) is 8.18. The van der Waals surface area contributed by atoms with Crippen molar-refractivity contribution < 1.29 is 4.57 Å². The van der Waals surface area contributed by atoms with Crippen molar-refractivity contribution in [2.45, 2.75) is 34.6 Å². The van der Waals surface area contributed by atoms with Crippen molar-refractivity contribution in [3.05, 3.63) is 94.8 Å². The molecule has 0 saturated carbocycles. The molecule has 0 saturated heterocycles. The lowest BCUT2D eigenvalue weighted by molar-refractivity contribution is -0.660. The average Bonchev–Trinajstić information content (AvgIpc) is 2.96. The van der Waals surface area contributed by atoms with Crippen molar-refractivity contribution >= 4 is 0 Å². The summed E-state index contributed by atoms with van der Waals surface area (Å²) in [7, 11) is 2.13. The van der Waals surface area contributed by atoms with Crippen LogP contribution in [0.4, 0.5) is 0 Å². The molecule has 4 rings (SSSR count). The molecule has 146 valence electrons. The molecule has 29 heavy (non-hydrogen) atoms. The van der Waals surface area contributed by atoms with Crippen LogP contribution in [0.15, 0.2) is 66.9 Å². The Bertz CT molecular complexity index is 1170. The molecule has 2 aromatic heterocycles. The van der Waals surface area contributed by atoms with Gasteiger partial charge in [0.25, 0.3) is 0 Å². The van der Waals surface area contributed by atoms with E-state index in [4.69, 9.17) is 0 Å². The van der Waals surface area contributed by atoms with E-state index in [1.165, 1.54) is 56.1 Å². The van der Waals surface area contributed by atoms with Gasteiger partial charge in [-0.05, 0) is 68.5 Å². The van der Waals surface area contributed by atoms with Crippen LogP contribution >= 0.6 is 0 Å². The van der Waals surface area contributed by atoms with Crippen LogP contribution in [0.2, 0.25) is 0 Å². The van der Waals surface area contributed by atoms with Crippen molar-refractivity contribution in [2.24, 2.45) is 7.05 Å². The van der Waals surface area contributed by atoms with E-state index in [2.05, 4.69) is 118 Å². The van der Waals surface area contributed by atoms with E-state index in [0.29, 0.717) is 0 Å². The second-order valence-corrected chi connectivity index (χ2v) is 8.18. The summed E-state index contributed by atoms with van der Waals surface area (Å²) in [5.74, 6) is 0. The number of rotatable bonds is 3. The molecule has 0 amide bonds. The Hall–Kier alpha value is -3.13. The van der Waals surface area contributed by atoms with Crippen LogP contribution in [0.25, 0.3) is 28.2 Å². The summed E-state index contributed by atoms with van der Waals surface area (Å²) in [4.78, 5) is 0. The standard InChI is InChI=1S/C27H29N2/c1-18-14-19(2)26(20(3)15-18)29-22(5)16-21(4)27(29)25-17-24(12-13-28(25)6)23-10-8-7-9-11-23/h7-17H,1-6H3/q+1. The minimum atomic E-state index is 1.22. The first kappa shape index (κ1) is 19.2. The second kappa shape index (κ2) is 7.36. The van der Waals surface area contributed by atoms with Crippen molar-refractivity contribution in [1.82, 2.24) is 4.57 Å². The van der Waals surface area contributed by atoms with Gasteiger partial charge in [-0.2, -0.15) is 4.57 Å². The predicted molar refractivity (Wildman–Crippen MR) is 122 cm³/mol. The topological polar surface area (TPSA) is 8.81 Å². The van der Waals surface area contributed by atoms with Crippen molar-refractivity contribution in [3.8, 4) is 28.2 Å². The summed E-state index contributed by atoms with van der Waals surface area (Å²) in [6, 6.07) is 22.0. The van der Waals surface area contributed by atoms with Crippen LogP contribution in [0.1, 0.15) is 27.9 Å². The summed E-state index contributed by atoms with van der Waals surface area (Å²) >= 11 is 0. The highest BCUT2D eigenvalue weighted by Crippen LogP contribution is 2.33. The van der Waals surface area contributed by atoms with Gasteiger partial charge in [-0.15, -0.1) is 0 Å². The highest BCUT2D eigenvalue weighted by molar-refractivity contribution is 5.71. The van der Waals surface area contributed by atoms with E-state index in [1.54, 1.807) is 0 Å². The minimum absolute atomic E-state index is 1.22. The molecule has 0 unspecified atom stereocenters. The maximum absolute atomic E-state index is 2.43. The van der Waals surface area contributed by atoms with Gasteiger partial charge in [-0.25, -0.2) is 0 Å². The molecule has 0 fully saturated rings. The largest absolute Gasteiger partial charge is 0.308 e. The summed E-state index contributed by atoms with van der Waals surface area (Å²) in [6.45, 7) is 11.0. The highest BCUT2D eigenvalue weighted by Gasteiger charge is 2.23. The van der Waals surface area contributed by atoms with Gasteiger partial charge in [0.05, 0.1) is 5.69 Å². The molecule has 0 spiro atoms. The minimum Gasteiger partial charge on any atom is -0.308 e. The number of hydrogen-bond donors (Lipinski definition) is 0. The van der Waals surface area contributed by atoms with E-state index < -0.39 is 0 Å². The third-order valence-electron chi connectivity index (χ3n) is 5.73. The van der Waals surface area contributed by atoms with Gasteiger partial charge in [0, 0.05) is 17.8 Å². The maximum atomic E-state index is 2.43. The highest BCUT2D eigenvalue weighted by atomic mass is 15.0. The number of aromatic nitrogens is 2. The Balaban J connectivity index is 1.99. The van der Waals surface area contributed by atoms with Crippen LogP contribution in [-0.4, -0.2) is 4.57 Å². The van der Waals surface area contributed by atoms with Crippen molar-refractivity contribution in [3.63, 3.8) is 0 Å². The number of hydrogen-bond acceptors (Lipinski definition) is 0. The number of benzene rings is 2. The first-order valence-corrected chi connectivity index (χ1v) is 10.2. The molecule has 2 nitrogen and oxygen atoms in total. The van der Waals surface area contributed by atoms with E-state index in [1.807, 2.05) is 0 Å². The molecule has 2 aromatic carbocycles. The smallest absolute Gasteiger partial charge is 0.230 e. The molecule has 2 heteroatoms. The monoisotopic (exact) mass is 381 g/mol. The Morgan fingerprint density at radius 3 is 2.00 bits per heavy atom. The molecular formula is C27H29N2+. The van der Waals surface area contributed by atoms with Gasteiger partial charge in [0.15, 0.2) is 6.20 Å². The predicted octanol–water partition coefficient (Wildman–Crippen LogP) is 6.18. The summed E-state index contributed by atoms with van der Waals surface area (Å²) in [5.41, 5.74) is 12.7. The zero-order valence-electron chi connectivity index (χ0n) is 18.2. The van der Waals surface area contributed by atoms with E-state index in [0.717, 1.165) is 0 Å². The van der Waals surface area contributed by atoms with Gasteiger partial charge in [-0.1, -0.05) is 48.0 Å². The quantitative estimate of drug-likeness (QED) is 0.375. The lowest BCUT2D eigenvalue weighted by atomic mass is 10.0. The first-order valence-electron chi connectivity index (χ1n) is 10.2. The summed E-state index contributed by atoms with van der Waals surface area (Å²) in [5, 5.41) is 0. The van der Waals surface area contributed by atoms with Gasteiger partial charge in [0.1, 0.15) is 12.7 Å². The van der Waals surface area contributed by atoms with Crippen LogP contribution < -0.4 is 4.57 Å². The Kier molecular flexibility index (Phi) is 4.87. The molecule has 0 atom stereocenters. The molecule has 2 heterocycles. The lowest BCUT2D eigenvalue weighted by Crippen LogP contribution is -2.31. The van der Waals surface area contributed by atoms with E-state index in [-0.39, 0.29) is 0 Å². The zero-order chi connectivity index (χ0) is 20.7. The molecule has 0 aliphatic heterocycles. The SMILES string of the molecule is Cc1cc(C)c(-n2c(C)cc(C)c2-c2cc(-c3ccccc3)cc[n+]2C)c(C)c1. The fourth-order valence-electron chi connectivity index (χ4n) is 4.54. The molecule has 0 aliphatic carbocycles. The molecule has 0 radical (unpaired) electrons. The van der Waals surface area contributed by atoms with E-state index >= 15 is 0 Å². The van der Waals surface area contributed by atoms with Gasteiger partial charge in [-0.3, -0.25) is 0 Å². The summed E-state index contributed by atoms with van der Waals surface area (Å²) in [6.07, 6.45) is 2.17. The fourth-order valence-corrected chi connectivity index (χ4v) is 4.54. The first-order chi connectivity index (χ1) is 13.9. The fraction of sp³-hybridized carbons (Fsp3) is 0.222. The maximum Gasteiger partial charge on any atom is 0.230 e. The number of aryl methyl sites for hydroxylation is 6. The third kappa shape index (κ3) is 3.40. The Morgan fingerprint density at radius 1 is 0.690 bits per heavy atom. The van der Waals surface area contributed by atoms with Crippen molar-refractivity contribution in [1.29, 1.82) is 0 Å². The molecule has 0 bridgehead atoms. The van der Waals surface area contributed by atoms with Crippen LogP contribution in [0.3, 0.4) is 0 Å². The van der Waals surface area contributed by atoms with Crippen LogP contribution in [0.5, 0.6) is 0 Å². The Labute approximate surface area is 174 Å².